The number of rotatable bonds is 5. The van der Waals surface area contributed by atoms with Crippen molar-refractivity contribution >= 4 is 11.8 Å². The first kappa shape index (κ1) is 13.0. The lowest BCUT2D eigenvalue weighted by Gasteiger charge is -2.20. The second-order valence-corrected chi connectivity index (χ2v) is 6.37. The third kappa shape index (κ3) is 3.26. The Morgan fingerprint density at radius 2 is 2.12 bits per heavy atom. The zero-order valence-corrected chi connectivity index (χ0v) is 11.9. The van der Waals surface area contributed by atoms with Gasteiger partial charge in [-0.25, -0.2) is 0 Å². The Bertz CT molecular complexity index is 364. The van der Waals surface area contributed by atoms with Gasteiger partial charge >= 0.3 is 0 Å². The van der Waals surface area contributed by atoms with Gasteiger partial charge in [0.05, 0.1) is 0 Å². The molecule has 0 radical (unpaired) electrons. The van der Waals surface area contributed by atoms with Crippen molar-refractivity contribution in [1.82, 2.24) is 5.32 Å². The van der Waals surface area contributed by atoms with Crippen molar-refractivity contribution in [2.24, 2.45) is 5.92 Å². The van der Waals surface area contributed by atoms with Gasteiger partial charge in [0.2, 0.25) is 0 Å². The van der Waals surface area contributed by atoms with Crippen molar-refractivity contribution in [2.45, 2.75) is 43.5 Å². The molecule has 1 aromatic carbocycles. The Morgan fingerprint density at radius 3 is 2.88 bits per heavy atom. The summed E-state index contributed by atoms with van der Waals surface area (Å²) in [6.45, 7) is 4.66. The first-order chi connectivity index (χ1) is 8.20. The maximum Gasteiger partial charge on any atom is 0.0107 e. The van der Waals surface area contributed by atoms with Crippen molar-refractivity contribution in [2.75, 3.05) is 12.8 Å². The van der Waals surface area contributed by atoms with E-state index in [-0.39, 0.29) is 0 Å². The fourth-order valence-corrected chi connectivity index (χ4v) is 4.00. The van der Waals surface area contributed by atoms with E-state index >= 15 is 0 Å². The van der Waals surface area contributed by atoms with Gasteiger partial charge in [-0.3, -0.25) is 0 Å². The van der Waals surface area contributed by atoms with E-state index in [9.17, 15) is 0 Å². The molecule has 0 saturated heterocycles. The van der Waals surface area contributed by atoms with E-state index in [4.69, 9.17) is 0 Å². The van der Waals surface area contributed by atoms with Gasteiger partial charge < -0.3 is 5.32 Å². The predicted octanol–water partition coefficient (Wildman–Crippen LogP) is 3.90. The number of hydrogen-bond donors (Lipinski definition) is 1. The molecule has 0 aliphatic carbocycles. The largest absolute Gasteiger partial charge is 0.317 e. The fourth-order valence-electron chi connectivity index (χ4n) is 2.73. The van der Waals surface area contributed by atoms with Crippen LogP contribution in [0.3, 0.4) is 0 Å². The molecule has 3 unspecified atom stereocenters. The monoisotopic (exact) mass is 249 g/mol. The van der Waals surface area contributed by atoms with E-state index < -0.39 is 0 Å². The topological polar surface area (TPSA) is 12.0 Å². The average molecular weight is 249 g/mol. The normalized spacial score (nSPS) is 22.2. The van der Waals surface area contributed by atoms with Crippen LogP contribution >= 0.6 is 11.8 Å². The summed E-state index contributed by atoms with van der Waals surface area (Å²) in [4.78, 5) is 1.51. The van der Waals surface area contributed by atoms with Crippen LogP contribution in [-0.2, 0) is 0 Å². The predicted molar refractivity (Wildman–Crippen MR) is 76.8 cm³/mol. The highest BCUT2D eigenvalue weighted by atomic mass is 32.2. The quantitative estimate of drug-likeness (QED) is 0.849. The summed E-state index contributed by atoms with van der Waals surface area (Å²) in [7, 11) is 2.05. The van der Waals surface area contributed by atoms with E-state index in [1.165, 1.54) is 23.5 Å². The van der Waals surface area contributed by atoms with Gasteiger partial charge in [0.15, 0.2) is 0 Å². The molecule has 1 N–H and O–H groups in total. The Hall–Kier alpha value is -0.470. The summed E-state index contributed by atoms with van der Waals surface area (Å²) in [5.41, 5.74) is 1.58. The highest BCUT2D eigenvalue weighted by Crippen LogP contribution is 2.42. The first-order valence-corrected chi connectivity index (χ1v) is 7.58. The third-order valence-corrected chi connectivity index (χ3v) is 4.99. The second kappa shape index (κ2) is 5.92. The van der Waals surface area contributed by atoms with E-state index in [1.54, 1.807) is 5.56 Å². The summed E-state index contributed by atoms with van der Waals surface area (Å²) >= 11 is 2.03. The molecule has 1 aromatic rings. The summed E-state index contributed by atoms with van der Waals surface area (Å²) in [5, 5.41) is 3.33. The maximum absolute atomic E-state index is 3.33. The average Bonchev–Trinajstić information content (AvgIpc) is 2.72. The van der Waals surface area contributed by atoms with Crippen LogP contribution in [0.15, 0.2) is 29.2 Å². The highest BCUT2D eigenvalue weighted by Gasteiger charge is 2.24. The molecule has 3 atom stereocenters. The van der Waals surface area contributed by atoms with Gasteiger partial charge in [-0.15, -0.1) is 11.8 Å². The molecule has 1 aliphatic rings. The molecule has 1 nitrogen and oxygen atoms in total. The van der Waals surface area contributed by atoms with Gasteiger partial charge in [0.25, 0.3) is 0 Å². The van der Waals surface area contributed by atoms with Gasteiger partial charge in [-0.05, 0) is 50.3 Å². The van der Waals surface area contributed by atoms with Crippen molar-refractivity contribution in [1.29, 1.82) is 0 Å². The maximum atomic E-state index is 3.33. The molecule has 94 valence electrons. The zero-order chi connectivity index (χ0) is 12.3. The fraction of sp³-hybridized carbons (Fsp3) is 0.600. The minimum Gasteiger partial charge on any atom is -0.317 e. The molecule has 0 fully saturated rings. The van der Waals surface area contributed by atoms with Crippen LogP contribution in [0, 0.1) is 5.92 Å². The van der Waals surface area contributed by atoms with Crippen molar-refractivity contribution in [3.8, 4) is 0 Å². The van der Waals surface area contributed by atoms with E-state index in [1.807, 2.05) is 11.8 Å². The molecule has 2 heteroatoms. The molecular weight excluding hydrogens is 226 g/mol. The van der Waals surface area contributed by atoms with Gasteiger partial charge in [-0.1, -0.05) is 25.1 Å². The summed E-state index contributed by atoms with van der Waals surface area (Å²) in [5.74, 6) is 2.85. The lowest BCUT2D eigenvalue weighted by Crippen LogP contribution is -2.24. The lowest BCUT2D eigenvalue weighted by atomic mass is 9.88. The number of benzene rings is 1. The summed E-state index contributed by atoms with van der Waals surface area (Å²) in [6.07, 6.45) is 2.61. The lowest BCUT2D eigenvalue weighted by molar-refractivity contribution is 0.400. The molecule has 2 rings (SSSR count). The molecule has 0 amide bonds. The molecule has 0 aromatic heterocycles. The van der Waals surface area contributed by atoms with E-state index in [0.29, 0.717) is 6.04 Å². The van der Waals surface area contributed by atoms with Crippen LogP contribution in [-0.4, -0.2) is 18.8 Å². The molecule has 0 bridgehead atoms. The van der Waals surface area contributed by atoms with Crippen LogP contribution in [0.1, 0.15) is 38.2 Å². The SMILES string of the molecule is CNC(C)CC(C)CC1CSc2ccccc21. The van der Waals surface area contributed by atoms with Crippen molar-refractivity contribution in [3.05, 3.63) is 29.8 Å². The van der Waals surface area contributed by atoms with Crippen LogP contribution in [0.2, 0.25) is 0 Å². The van der Waals surface area contributed by atoms with Crippen molar-refractivity contribution < 1.29 is 0 Å². The zero-order valence-electron chi connectivity index (χ0n) is 11.1. The summed E-state index contributed by atoms with van der Waals surface area (Å²) < 4.78 is 0. The minimum absolute atomic E-state index is 0.634. The smallest absolute Gasteiger partial charge is 0.0107 e. The highest BCUT2D eigenvalue weighted by molar-refractivity contribution is 7.99. The van der Waals surface area contributed by atoms with E-state index in [0.717, 1.165) is 11.8 Å². The molecule has 1 heterocycles. The van der Waals surface area contributed by atoms with Crippen LogP contribution in [0.4, 0.5) is 0 Å². The molecule has 0 spiro atoms. The minimum atomic E-state index is 0.634. The number of nitrogens with one attached hydrogen (secondary N) is 1. The Balaban J connectivity index is 1.93. The van der Waals surface area contributed by atoms with Gasteiger partial charge in [0.1, 0.15) is 0 Å². The Kier molecular flexibility index (Phi) is 4.52. The molecule has 0 saturated carbocycles. The third-order valence-electron chi connectivity index (χ3n) is 3.73. The number of hydrogen-bond acceptors (Lipinski definition) is 2. The second-order valence-electron chi connectivity index (χ2n) is 5.31. The molecular formula is C15H23NS. The molecule has 17 heavy (non-hydrogen) atoms. The van der Waals surface area contributed by atoms with E-state index in [2.05, 4.69) is 50.5 Å². The van der Waals surface area contributed by atoms with Crippen molar-refractivity contribution in [3.63, 3.8) is 0 Å². The summed E-state index contributed by atoms with van der Waals surface area (Å²) in [6, 6.07) is 9.54. The van der Waals surface area contributed by atoms with Gasteiger partial charge in [-0.2, -0.15) is 0 Å². The number of thioether (sulfide) groups is 1. The van der Waals surface area contributed by atoms with Crippen LogP contribution in [0.5, 0.6) is 0 Å². The molecule has 1 aliphatic heterocycles. The Labute approximate surface area is 109 Å². The number of fused-ring (bicyclic) bond motifs is 1. The van der Waals surface area contributed by atoms with Gasteiger partial charge in [0, 0.05) is 16.7 Å². The standard InChI is InChI=1S/C15H23NS/c1-11(8-12(2)16-3)9-13-10-17-15-7-5-4-6-14(13)15/h4-7,11-13,16H,8-10H2,1-3H3. The Morgan fingerprint density at radius 1 is 1.35 bits per heavy atom. The van der Waals surface area contributed by atoms with Crippen LogP contribution in [0.25, 0.3) is 0 Å². The first-order valence-electron chi connectivity index (χ1n) is 6.59. The van der Waals surface area contributed by atoms with Crippen LogP contribution < -0.4 is 5.32 Å².